The zero-order valence-electron chi connectivity index (χ0n) is 16.1. The van der Waals surface area contributed by atoms with Crippen LogP contribution < -0.4 is 16.8 Å². The van der Waals surface area contributed by atoms with Crippen molar-refractivity contribution >= 4 is 29.1 Å². The first-order valence-electron chi connectivity index (χ1n) is 9.27. The molecule has 0 aliphatic rings. The number of hydrogen-bond donors (Lipinski definition) is 3. The minimum Gasteiger partial charge on any atom is -0.369 e. The van der Waals surface area contributed by atoms with Gasteiger partial charge in [0.25, 0.3) is 0 Å². The van der Waals surface area contributed by atoms with Crippen molar-refractivity contribution in [2.75, 3.05) is 5.32 Å². The van der Waals surface area contributed by atoms with Gasteiger partial charge in [0, 0.05) is 6.04 Å². The number of aromatic nitrogens is 3. The Morgan fingerprint density at radius 2 is 1.86 bits per heavy atom. The Labute approximate surface area is 174 Å². The van der Waals surface area contributed by atoms with Crippen molar-refractivity contribution < 1.29 is 4.79 Å². The second kappa shape index (κ2) is 9.45. The number of nitrogens with two attached hydrogens (primary N) is 2. The second-order valence-electron chi connectivity index (χ2n) is 6.79. The number of hydrogen-bond acceptors (Lipinski definition) is 6. The van der Waals surface area contributed by atoms with Crippen molar-refractivity contribution in [2.24, 2.45) is 11.5 Å². The first-order chi connectivity index (χ1) is 13.9. The van der Waals surface area contributed by atoms with Gasteiger partial charge in [0.05, 0.1) is 40.9 Å². The van der Waals surface area contributed by atoms with Gasteiger partial charge in [-0.05, 0) is 43.0 Å². The highest BCUT2D eigenvalue weighted by molar-refractivity contribution is 6.31. The Morgan fingerprint density at radius 1 is 1.10 bits per heavy atom. The normalized spacial score (nSPS) is 11.8. The summed E-state index contributed by atoms with van der Waals surface area (Å²) in [6, 6.07) is 11.3. The van der Waals surface area contributed by atoms with Crippen LogP contribution in [0.1, 0.15) is 35.5 Å². The van der Waals surface area contributed by atoms with E-state index in [9.17, 15) is 4.79 Å². The predicted octanol–water partition coefficient (Wildman–Crippen LogP) is 3.10. The van der Waals surface area contributed by atoms with Crippen molar-refractivity contribution in [1.29, 1.82) is 0 Å². The minimum atomic E-state index is -0.354. The average molecular weight is 411 g/mol. The molecule has 1 unspecified atom stereocenters. The molecule has 1 atom stereocenters. The molecule has 3 aromatic rings. The van der Waals surface area contributed by atoms with Crippen LogP contribution >= 0.6 is 11.6 Å². The van der Waals surface area contributed by atoms with Gasteiger partial charge < -0.3 is 16.8 Å². The smallest absolute Gasteiger partial charge is 0.227 e. The van der Waals surface area contributed by atoms with E-state index in [4.69, 9.17) is 23.1 Å². The number of rotatable bonds is 8. The van der Waals surface area contributed by atoms with Gasteiger partial charge in [0.15, 0.2) is 0 Å². The van der Waals surface area contributed by atoms with Crippen molar-refractivity contribution in [1.82, 2.24) is 15.0 Å². The Balaban J connectivity index is 1.72. The quantitative estimate of drug-likeness (QED) is 0.524. The maximum Gasteiger partial charge on any atom is 0.227 e. The van der Waals surface area contributed by atoms with E-state index >= 15 is 0 Å². The molecule has 0 radical (unpaired) electrons. The van der Waals surface area contributed by atoms with Crippen molar-refractivity contribution in [3.8, 4) is 0 Å². The molecule has 0 spiro atoms. The lowest BCUT2D eigenvalue weighted by Gasteiger charge is -2.11. The zero-order chi connectivity index (χ0) is 20.8. The van der Waals surface area contributed by atoms with Crippen LogP contribution in [0.15, 0.2) is 48.8 Å². The molecule has 0 aliphatic carbocycles. The number of primary amides is 1. The van der Waals surface area contributed by atoms with Gasteiger partial charge in [0.1, 0.15) is 0 Å². The van der Waals surface area contributed by atoms with E-state index in [1.807, 2.05) is 43.3 Å². The molecule has 0 fully saturated rings. The van der Waals surface area contributed by atoms with Crippen molar-refractivity contribution in [2.45, 2.75) is 32.2 Å². The SMILES string of the molecule is CC(N)c1ccc(Nc2ncc(Cl)c(CCc3ccccc3CC(N)=O)n2)cn1. The number of anilines is 2. The molecule has 0 saturated carbocycles. The van der Waals surface area contributed by atoms with Gasteiger partial charge in [-0.15, -0.1) is 0 Å². The van der Waals surface area contributed by atoms with E-state index in [0.717, 1.165) is 28.2 Å². The third-order valence-corrected chi connectivity index (χ3v) is 4.76. The summed E-state index contributed by atoms with van der Waals surface area (Å²) in [5, 5.41) is 3.62. The van der Waals surface area contributed by atoms with Crippen LogP contribution in [0.25, 0.3) is 0 Å². The Hall–Kier alpha value is -3.03. The average Bonchev–Trinajstić information content (AvgIpc) is 2.69. The summed E-state index contributed by atoms with van der Waals surface area (Å²) in [6.07, 6.45) is 4.77. The number of carbonyl (C=O) groups is 1. The largest absolute Gasteiger partial charge is 0.369 e. The number of pyridine rings is 1. The third-order valence-electron chi connectivity index (χ3n) is 4.44. The standard InChI is InChI=1S/C21H23ClN6O/c1-13(23)18-9-7-16(11-25-18)27-21-26-12-17(22)19(28-21)8-6-14-4-2-3-5-15(14)10-20(24)29/h2-5,7,9,11-13H,6,8,10,23H2,1H3,(H2,24,29)(H,26,27,28). The summed E-state index contributed by atoms with van der Waals surface area (Å²) in [5.41, 5.74) is 15.4. The lowest BCUT2D eigenvalue weighted by atomic mass is 9.99. The van der Waals surface area contributed by atoms with E-state index in [-0.39, 0.29) is 18.4 Å². The van der Waals surface area contributed by atoms with E-state index < -0.39 is 0 Å². The topological polar surface area (TPSA) is 120 Å². The van der Waals surface area contributed by atoms with Gasteiger partial charge >= 0.3 is 0 Å². The highest BCUT2D eigenvalue weighted by Crippen LogP contribution is 2.20. The lowest BCUT2D eigenvalue weighted by Crippen LogP contribution is -2.15. The number of carbonyl (C=O) groups excluding carboxylic acids is 1. The number of benzene rings is 1. The molecule has 5 N–H and O–H groups in total. The van der Waals surface area contributed by atoms with Gasteiger partial charge in [0.2, 0.25) is 11.9 Å². The Kier molecular flexibility index (Phi) is 6.74. The molecule has 2 heterocycles. The monoisotopic (exact) mass is 410 g/mol. The van der Waals surface area contributed by atoms with Crippen LogP contribution in [-0.4, -0.2) is 20.9 Å². The van der Waals surface area contributed by atoms with Crippen molar-refractivity contribution in [3.63, 3.8) is 0 Å². The fourth-order valence-corrected chi connectivity index (χ4v) is 3.12. The van der Waals surface area contributed by atoms with Crippen LogP contribution in [0.2, 0.25) is 5.02 Å². The van der Waals surface area contributed by atoms with Gasteiger partial charge in [-0.1, -0.05) is 35.9 Å². The zero-order valence-corrected chi connectivity index (χ0v) is 16.9. The summed E-state index contributed by atoms with van der Waals surface area (Å²) in [5.74, 6) is 0.0813. The number of aryl methyl sites for hydroxylation is 2. The summed E-state index contributed by atoms with van der Waals surface area (Å²) >= 11 is 6.29. The summed E-state index contributed by atoms with van der Waals surface area (Å²) in [6.45, 7) is 1.88. The molecule has 8 heteroatoms. The Bertz CT molecular complexity index is 991. The molecular formula is C21H23ClN6O. The summed E-state index contributed by atoms with van der Waals surface area (Å²) in [4.78, 5) is 24.4. The fraction of sp³-hybridized carbons (Fsp3) is 0.238. The molecule has 0 saturated heterocycles. The molecule has 7 nitrogen and oxygen atoms in total. The second-order valence-corrected chi connectivity index (χ2v) is 7.19. The van der Waals surface area contributed by atoms with Crippen LogP contribution in [-0.2, 0) is 24.1 Å². The predicted molar refractivity (Wildman–Crippen MR) is 114 cm³/mol. The molecule has 150 valence electrons. The van der Waals surface area contributed by atoms with E-state index in [1.54, 1.807) is 12.4 Å². The number of nitrogens with zero attached hydrogens (tertiary/aromatic N) is 3. The summed E-state index contributed by atoms with van der Waals surface area (Å²) < 4.78 is 0. The number of nitrogens with one attached hydrogen (secondary N) is 1. The van der Waals surface area contributed by atoms with Crippen molar-refractivity contribution in [3.05, 3.63) is 76.3 Å². The van der Waals surface area contributed by atoms with Crippen LogP contribution in [0, 0.1) is 0 Å². The molecule has 1 amide bonds. The summed E-state index contributed by atoms with van der Waals surface area (Å²) in [7, 11) is 0. The van der Waals surface area contributed by atoms with Crippen LogP contribution in [0.5, 0.6) is 0 Å². The number of amides is 1. The third kappa shape index (κ3) is 5.73. The first-order valence-corrected chi connectivity index (χ1v) is 9.65. The Morgan fingerprint density at radius 3 is 2.52 bits per heavy atom. The highest BCUT2D eigenvalue weighted by atomic mass is 35.5. The first kappa shape index (κ1) is 20.7. The van der Waals surface area contributed by atoms with E-state index in [2.05, 4.69) is 20.3 Å². The van der Waals surface area contributed by atoms with Gasteiger partial charge in [-0.3, -0.25) is 9.78 Å². The maximum absolute atomic E-state index is 11.3. The minimum absolute atomic E-state index is 0.125. The highest BCUT2D eigenvalue weighted by Gasteiger charge is 2.10. The molecule has 1 aromatic carbocycles. The fourth-order valence-electron chi connectivity index (χ4n) is 2.93. The molecular weight excluding hydrogens is 388 g/mol. The van der Waals surface area contributed by atoms with Gasteiger partial charge in [-0.2, -0.15) is 0 Å². The molecule has 3 rings (SSSR count). The molecule has 2 aromatic heterocycles. The lowest BCUT2D eigenvalue weighted by molar-refractivity contribution is -0.117. The van der Waals surface area contributed by atoms with E-state index in [1.165, 1.54) is 0 Å². The molecule has 0 bridgehead atoms. The molecule has 29 heavy (non-hydrogen) atoms. The number of halogens is 1. The van der Waals surface area contributed by atoms with Crippen LogP contribution in [0.4, 0.5) is 11.6 Å². The van der Waals surface area contributed by atoms with E-state index in [0.29, 0.717) is 23.8 Å². The molecule has 0 aliphatic heterocycles. The maximum atomic E-state index is 11.3. The van der Waals surface area contributed by atoms with Gasteiger partial charge in [-0.25, -0.2) is 9.97 Å². The van der Waals surface area contributed by atoms with Crippen LogP contribution in [0.3, 0.4) is 0 Å².